The Hall–Kier alpha value is -2.99. The summed E-state index contributed by atoms with van der Waals surface area (Å²) in [5, 5.41) is 7.74. The molecule has 0 aliphatic rings. The number of pyridine rings is 1. The summed E-state index contributed by atoms with van der Waals surface area (Å²) in [6.07, 6.45) is 1.63. The molecule has 3 aromatic rings. The summed E-state index contributed by atoms with van der Waals surface area (Å²) >= 11 is 5.07. The van der Waals surface area contributed by atoms with E-state index in [2.05, 4.69) is 15.6 Å². The van der Waals surface area contributed by atoms with E-state index in [1.807, 2.05) is 48.5 Å². The zero-order valence-corrected chi connectivity index (χ0v) is 13.5. The highest BCUT2D eigenvalue weighted by molar-refractivity contribution is 7.80. The molecular weight excluding hydrogens is 322 g/mol. The van der Waals surface area contributed by atoms with Crippen molar-refractivity contribution in [3.63, 3.8) is 0 Å². The fourth-order valence-electron chi connectivity index (χ4n) is 2.15. The lowest BCUT2D eigenvalue weighted by Gasteiger charge is -2.10. The average Bonchev–Trinajstić information content (AvgIpc) is 2.60. The van der Waals surface area contributed by atoms with Gasteiger partial charge in [0.15, 0.2) is 11.7 Å². The average molecular weight is 337 g/mol. The maximum absolute atomic E-state index is 11.9. The van der Waals surface area contributed by atoms with Crippen LogP contribution >= 0.6 is 12.2 Å². The van der Waals surface area contributed by atoms with Gasteiger partial charge in [-0.25, -0.2) is 4.98 Å². The van der Waals surface area contributed by atoms with Crippen LogP contribution in [0.1, 0.15) is 0 Å². The number of anilines is 1. The first-order valence-corrected chi connectivity index (χ1v) is 7.75. The summed E-state index contributed by atoms with van der Waals surface area (Å²) in [7, 11) is 0. The van der Waals surface area contributed by atoms with Gasteiger partial charge in [0.2, 0.25) is 0 Å². The van der Waals surface area contributed by atoms with Crippen LogP contribution in [0.4, 0.5) is 5.82 Å². The Kier molecular flexibility index (Phi) is 4.98. The lowest BCUT2D eigenvalue weighted by Crippen LogP contribution is -2.37. The van der Waals surface area contributed by atoms with Gasteiger partial charge in [-0.2, -0.15) is 0 Å². The second kappa shape index (κ2) is 7.52. The molecule has 0 fully saturated rings. The molecular formula is C18H15N3O2S. The van der Waals surface area contributed by atoms with E-state index in [1.54, 1.807) is 18.3 Å². The molecule has 2 N–H and O–H groups in total. The number of carbonyl (C=O) groups is 1. The van der Waals surface area contributed by atoms with Crippen molar-refractivity contribution in [3.05, 3.63) is 66.9 Å². The van der Waals surface area contributed by atoms with E-state index in [4.69, 9.17) is 17.0 Å². The predicted octanol–water partition coefficient (Wildman–Crippen LogP) is 3.13. The van der Waals surface area contributed by atoms with Crippen molar-refractivity contribution in [2.24, 2.45) is 0 Å². The van der Waals surface area contributed by atoms with Gasteiger partial charge >= 0.3 is 0 Å². The second-order valence-electron chi connectivity index (χ2n) is 5.01. The van der Waals surface area contributed by atoms with Gasteiger partial charge in [0.1, 0.15) is 11.6 Å². The fraction of sp³-hybridized carbons (Fsp3) is 0.0556. The Bertz CT molecular complexity index is 868. The van der Waals surface area contributed by atoms with Crippen LogP contribution in [0.2, 0.25) is 0 Å². The minimum absolute atomic E-state index is 0.123. The van der Waals surface area contributed by atoms with Gasteiger partial charge in [0.05, 0.1) is 0 Å². The number of ether oxygens (including phenoxy) is 1. The van der Waals surface area contributed by atoms with E-state index in [0.717, 1.165) is 10.8 Å². The SMILES string of the molecule is O=C(COc1ccc2ccccc2c1)NC(=S)Nc1ccccn1. The zero-order chi connectivity index (χ0) is 16.8. The Morgan fingerprint density at radius 2 is 1.83 bits per heavy atom. The monoisotopic (exact) mass is 337 g/mol. The summed E-state index contributed by atoms with van der Waals surface area (Å²) in [5.41, 5.74) is 0. The number of hydrogen-bond acceptors (Lipinski definition) is 4. The molecule has 0 radical (unpaired) electrons. The molecule has 0 saturated heterocycles. The van der Waals surface area contributed by atoms with E-state index in [-0.39, 0.29) is 17.6 Å². The molecule has 0 unspecified atom stereocenters. The molecule has 3 rings (SSSR count). The molecule has 0 spiro atoms. The summed E-state index contributed by atoms with van der Waals surface area (Å²) < 4.78 is 5.51. The number of rotatable bonds is 4. The van der Waals surface area contributed by atoms with E-state index in [0.29, 0.717) is 11.6 Å². The molecule has 6 heteroatoms. The number of fused-ring (bicyclic) bond motifs is 1. The molecule has 0 aliphatic heterocycles. The summed E-state index contributed by atoms with van der Waals surface area (Å²) in [5.74, 6) is 0.863. The molecule has 1 heterocycles. The van der Waals surface area contributed by atoms with Crippen LogP contribution in [0.15, 0.2) is 66.9 Å². The fourth-order valence-corrected chi connectivity index (χ4v) is 2.37. The number of amides is 1. The van der Waals surface area contributed by atoms with Crippen LogP contribution in [0.3, 0.4) is 0 Å². The molecule has 0 saturated carbocycles. The number of thiocarbonyl (C=S) groups is 1. The van der Waals surface area contributed by atoms with E-state index < -0.39 is 0 Å². The van der Waals surface area contributed by atoms with Crippen molar-refractivity contribution in [2.45, 2.75) is 0 Å². The standard InChI is InChI=1S/C18H15N3O2S/c22-17(21-18(24)20-16-7-3-4-10-19-16)12-23-15-9-8-13-5-1-2-6-14(13)11-15/h1-11H,12H2,(H2,19,20,21,22,24). The first-order chi connectivity index (χ1) is 11.7. The highest BCUT2D eigenvalue weighted by Crippen LogP contribution is 2.20. The normalized spacial score (nSPS) is 10.2. The lowest BCUT2D eigenvalue weighted by atomic mass is 10.1. The quantitative estimate of drug-likeness (QED) is 0.716. The van der Waals surface area contributed by atoms with Crippen LogP contribution in [-0.4, -0.2) is 22.6 Å². The van der Waals surface area contributed by atoms with Gasteiger partial charge in [-0.15, -0.1) is 0 Å². The van der Waals surface area contributed by atoms with Crippen LogP contribution < -0.4 is 15.4 Å². The Morgan fingerprint density at radius 3 is 2.62 bits per heavy atom. The minimum atomic E-state index is -0.336. The largest absolute Gasteiger partial charge is 0.484 e. The Morgan fingerprint density at radius 1 is 1.04 bits per heavy atom. The summed E-state index contributed by atoms with van der Waals surface area (Å²) in [4.78, 5) is 16.0. The maximum Gasteiger partial charge on any atom is 0.264 e. The first-order valence-electron chi connectivity index (χ1n) is 7.34. The minimum Gasteiger partial charge on any atom is -0.484 e. The van der Waals surface area contributed by atoms with Gasteiger partial charge in [-0.3, -0.25) is 10.1 Å². The highest BCUT2D eigenvalue weighted by atomic mass is 32.1. The molecule has 5 nitrogen and oxygen atoms in total. The van der Waals surface area contributed by atoms with Crippen LogP contribution in [-0.2, 0) is 4.79 Å². The molecule has 0 aliphatic carbocycles. The number of hydrogen-bond donors (Lipinski definition) is 2. The first kappa shape index (κ1) is 15.9. The van der Waals surface area contributed by atoms with Gasteiger partial charge < -0.3 is 10.1 Å². The van der Waals surface area contributed by atoms with Crippen LogP contribution in [0.25, 0.3) is 10.8 Å². The number of nitrogens with zero attached hydrogens (tertiary/aromatic N) is 1. The Balaban J connectivity index is 1.52. The number of benzene rings is 2. The van der Waals surface area contributed by atoms with E-state index >= 15 is 0 Å². The van der Waals surface area contributed by atoms with Gasteiger partial charge in [-0.05, 0) is 47.3 Å². The molecule has 1 amide bonds. The lowest BCUT2D eigenvalue weighted by molar-refractivity contribution is -0.121. The molecule has 1 aromatic heterocycles. The highest BCUT2D eigenvalue weighted by Gasteiger charge is 2.06. The van der Waals surface area contributed by atoms with Crippen molar-refractivity contribution in [1.82, 2.24) is 10.3 Å². The summed E-state index contributed by atoms with van der Waals surface area (Å²) in [6.45, 7) is -0.123. The van der Waals surface area contributed by atoms with E-state index in [1.165, 1.54) is 0 Å². The van der Waals surface area contributed by atoms with Crippen LogP contribution in [0, 0.1) is 0 Å². The van der Waals surface area contributed by atoms with Crippen molar-refractivity contribution in [2.75, 3.05) is 11.9 Å². The maximum atomic E-state index is 11.9. The number of nitrogens with one attached hydrogen (secondary N) is 2. The third-order valence-electron chi connectivity index (χ3n) is 3.25. The van der Waals surface area contributed by atoms with Gasteiger partial charge in [-0.1, -0.05) is 36.4 Å². The van der Waals surface area contributed by atoms with Crippen LogP contribution in [0.5, 0.6) is 5.75 Å². The zero-order valence-electron chi connectivity index (χ0n) is 12.7. The molecule has 120 valence electrons. The molecule has 0 bridgehead atoms. The van der Waals surface area contributed by atoms with Crippen molar-refractivity contribution >= 4 is 39.8 Å². The molecule has 2 aromatic carbocycles. The predicted molar refractivity (Wildman–Crippen MR) is 98.0 cm³/mol. The number of carbonyl (C=O) groups excluding carboxylic acids is 1. The summed E-state index contributed by atoms with van der Waals surface area (Å²) in [6, 6.07) is 19.0. The molecule has 0 atom stereocenters. The topological polar surface area (TPSA) is 63.2 Å². The van der Waals surface area contributed by atoms with Crippen molar-refractivity contribution in [1.29, 1.82) is 0 Å². The van der Waals surface area contributed by atoms with Gasteiger partial charge in [0, 0.05) is 6.20 Å². The number of aromatic nitrogens is 1. The Labute approximate surface area is 144 Å². The van der Waals surface area contributed by atoms with Gasteiger partial charge in [0.25, 0.3) is 5.91 Å². The third-order valence-corrected chi connectivity index (χ3v) is 3.45. The van der Waals surface area contributed by atoms with Crippen molar-refractivity contribution < 1.29 is 9.53 Å². The van der Waals surface area contributed by atoms with E-state index in [9.17, 15) is 4.79 Å². The molecule has 24 heavy (non-hydrogen) atoms. The third kappa shape index (κ3) is 4.27. The smallest absolute Gasteiger partial charge is 0.264 e. The second-order valence-corrected chi connectivity index (χ2v) is 5.42. The van der Waals surface area contributed by atoms with Crippen molar-refractivity contribution in [3.8, 4) is 5.75 Å².